The second-order valence-electron chi connectivity index (χ2n) is 7.95. The topological polar surface area (TPSA) is 61.9 Å². The summed E-state index contributed by atoms with van der Waals surface area (Å²) in [5.41, 5.74) is 2.07. The third-order valence-corrected chi connectivity index (χ3v) is 7.23. The van der Waals surface area contributed by atoms with Gasteiger partial charge >= 0.3 is 10.1 Å². The number of nitrogens with zero attached hydrogens (tertiary/aromatic N) is 2. The number of halogens is 2. The number of piperazine rings is 1. The molecule has 3 rings (SSSR count). The molecule has 1 aromatic rings. The number of nitrogens with one attached hydrogen (secondary N) is 1. The van der Waals surface area contributed by atoms with Gasteiger partial charge in [-0.2, -0.15) is 18.2 Å². The van der Waals surface area contributed by atoms with Gasteiger partial charge in [0.15, 0.2) is 0 Å². The van der Waals surface area contributed by atoms with Gasteiger partial charge in [0.2, 0.25) is 0 Å². The van der Waals surface area contributed by atoms with E-state index in [-0.39, 0.29) is 5.69 Å². The monoisotopic (exact) mass is 431 g/mol. The second-order valence-corrected chi connectivity index (χ2v) is 9.47. The first-order chi connectivity index (χ1) is 13.9. The van der Waals surface area contributed by atoms with Crippen LogP contribution in [0.1, 0.15) is 44.9 Å². The van der Waals surface area contributed by atoms with Gasteiger partial charge in [-0.15, -0.1) is 0 Å². The van der Waals surface area contributed by atoms with Crippen molar-refractivity contribution in [2.45, 2.75) is 49.8 Å². The van der Waals surface area contributed by atoms with Gasteiger partial charge in [-0.1, -0.05) is 32.1 Å². The highest BCUT2D eigenvalue weighted by molar-refractivity contribution is 7.86. The largest absolute Gasteiger partial charge is 0.367 e. The normalized spacial score (nSPS) is 19.6. The van der Waals surface area contributed by atoms with Gasteiger partial charge in [-0.25, -0.2) is 8.78 Å². The van der Waals surface area contributed by atoms with Gasteiger partial charge in [0, 0.05) is 45.4 Å². The van der Waals surface area contributed by atoms with Crippen molar-refractivity contribution in [2.24, 2.45) is 5.92 Å². The van der Waals surface area contributed by atoms with E-state index in [0.717, 1.165) is 31.6 Å². The molecule has 1 aliphatic carbocycles. The Kier molecular flexibility index (Phi) is 7.84. The van der Waals surface area contributed by atoms with Crippen LogP contribution in [0.4, 0.5) is 14.5 Å². The van der Waals surface area contributed by atoms with Crippen molar-refractivity contribution in [2.75, 3.05) is 44.7 Å². The Balaban J connectivity index is 1.53. The molecule has 0 aromatic heterocycles. The molecule has 0 amide bonds. The SMILES string of the molecule is CNOS(=O)(=O)c1cc(F)c(N2CCN(CCCC3CCCCC3)CC2)cc1F. The number of rotatable bonds is 8. The van der Waals surface area contributed by atoms with Crippen LogP contribution in [-0.2, 0) is 14.4 Å². The zero-order valence-electron chi connectivity index (χ0n) is 17.0. The van der Waals surface area contributed by atoms with Gasteiger partial charge in [0.05, 0.1) is 5.69 Å². The molecule has 1 N–H and O–H groups in total. The van der Waals surface area contributed by atoms with E-state index in [4.69, 9.17) is 0 Å². The molecule has 0 atom stereocenters. The Morgan fingerprint density at radius 3 is 2.41 bits per heavy atom. The molecule has 0 unspecified atom stereocenters. The maximum atomic E-state index is 14.5. The highest BCUT2D eigenvalue weighted by atomic mass is 32.2. The molecular weight excluding hydrogens is 400 g/mol. The fourth-order valence-electron chi connectivity index (χ4n) is 4.40. The summed E-state index contributed by atoms with van der Waals surface area (Å²) in [6.45, 7) is 3.78. The smallest absolute Gasteiger partial charge is 0.315 e. The first-order valence-corrected chi connectivity index (χ1v) is 11.9. The minimum Gasteiger partial charge on any atom is -0.367 e. The van der Waals surface area contributed by atoms with Gasteiger partial charge in [-0.3, -0.25) is 4.90 Å². The zero-order chi connectivity index (χ0) is 20.9. The Morgan fingerprint density at radius 2 is 1.76 bits per heavy atom. The molecule has 2 fully saturated rings. The minimum atomic E-state index is -4.39. The van der Waals surface area contributed by atoms with Crippen LogP contribution in [0, 0.1) is 17.6 Å². The molecule has 29 heavy (non-hydrogen) atoms. The average molecular weight is 432 g/mol. The number of anilines is 1. The van der Waals surface area contributed by atoms with Crippen molar-refractivity contribution in [1.29, 1.82) is 0 Å². The van der Waals surface area contributed by atoms with Crippen LogP contribution in [0.25, 0.3) is 0 Å². The molecule has 6 nitrogen and oxygen atoms in total. The lowest BCUT2D eigenvalue weighted by Crippen LogP contribution is -2.47. The Bertz CT molecular complexity index is 777. The van der Waals surface area contributed by atoms with Crippen molar-refractivity contribution in [3.05, 3.63) is 23.8 Å². The van der Waals surface area contributed by atoms with Crippen LogP contribution in [0.5, 0.6) is 0 Å². The van der Waals surface area contributed by atoms with Crippen LogP contribution in [0.15, 0.2) is 17.0 Å². The third-order valence-electron chi connectivity index (χ3n) is 5.99. The quantitative estimate of drug-likeness (QED) is 0.638. The molecule has 2 aliphatic rings. The first-order valence-electron chi connectivity index (χ1n) is 10.5. The van der Waals surface area contributed by atoms with Gasteiger partial charge in [0.25, 0.3) is 0 Å². The van der Waals surface area contributed by atoms with Gasteiger partial charge < -0.3 is 4.90 Å². The van der Waals surface area contributed by atoms with Crippen LogP contribution in [0.2, 0.25) is 0 Å². The molecule has 1 heterocycles. The van der Waals surface area contributed by atoms with E-state index in [0.29, 0.717) is 19.2 Å². The number of hydrogen-bond acceptors (Lipinski definition) is 6. The highest BCUT2D eigenvalue weighted by Gasteiger charge is 2.26. The Labute approximate surface area is 172 Å². The molecule has 164 valence electrons. The van der Waals surface area contributed by atoms with E-state index in [2.05, 4.69) is 9.18 Å². The summed E-state index contributed by atoms with van der Waals surface area (Å²) in [6.07, 6.45) is 9.31. The number of hydrogen-bond donors (Lipinski definition) is 1. The fraction of sp³-hybridized carbons (Fsp3) is 0.700. The standard InChI is InChI=1S/C20H31F2N3O3S/c1-23-28-29(26,27)20-15-17(21)19(14-18(20)22)25-12-10-24(11-13-25)9-5-8-16-6-3-2-4-7-16/h14-16,23H,2-13H2,1H3. The Hall–Kier alpha value is -1.29. The van der Waals surface area contributed by atoms with Crippen LogP contribution in [0.3, 0.4) is 0 Å². The zero-order valence-corrected chi connectivity index (χ0v) is 17.8. The van der Waals surface area contributed by atoms with Gasteiger partial charge in [0.1, 0.15) is 16.5 Å². The minimum absolute atomic E-state index is 0.0905. The van der Waals surface area contributed by atoms with Crippen LogP contribution >= 0.6 is 0 Å². The molecule has 1 saturated heterocycles. The molecule has 1 aromatic carbocycles. The summed E-state index contributed by atoms with van der Waals surface area (Å²) in [5, 5.41) is 0. The lowest BCUT2D eigenvalue weighted by Gasteiger charge is -2.36. The lowest BCUT2D eigenvalue weighted by atomic mass is 9.86. The number of hydroxylamine groups is 1. The van der Waals surface area contributed by atoms with E-state index < -0.39 is 26.6 Å². The molecule has 0 spiro atoms. The van der Waals surface area contributed by atoms with Crippen molar-refractivity contribution in [1.82, 2.24) is 10.4 Å². The Morgan fingerprint density at radius 1 is 1.07 bits per heavy atom. The molecular formula is C20H31F2N3O3S. The third kappa shape index (κ3) is 5.87. The second kappa shape index (κ2) is 10.1. The maximum absolute atomic E-state index is 14.5. The van der Waals surface area contributed by atoms with Gasteiger partial charge in [-0.05, 0) is 25.3 Å². The predicted octanol–water partition coefficient (Wildman–Crippen LogP) is 3.29. The van der Waals surface area contributed by atoms with E-state index in [1.165, 1.54) is 52.0 Å². The summed E-state index contributed by atoms with van der Waals surface area (Å²) in [6, 6.07) is 1.63. The summed E-state index contributed by atoms with van der Waals surface area (Å²) in [5.74, 6) is -0.911. The van der Waals surface area contributed by atoms with Crippen LogP contribution < -0.4 is 10.4 Å². The highest BCUT2D eigenvalue weighted by Crippen LogP contribution is 2.29. The van der Waals surface area contributed by atoms with Crippen molar-refractivity contribution in [3.8, 4) is 0 Å². The predicted molar refractivity (Wildman–Crippen MR) is 108 cm³/mol. The molecule has 1 saturated carbocycles. The van der Waals surface area contributed by atoms with Crippen LogP contribution in [-0.4, -0.2) is 53.1 Å². The van der Waals surface area contributed by atoms with E-state index in [1.54, 1.807) is 4.90 Å². The molecule has 9 heteroatoms. The molecule has 0 radical (unpaired) electrons. The van der Waals surface area contributed by atoms with E-state index >= 15 is 0 Å². The summed E-state index contributed by atoms with van der Waals surface area (Å²) < 4.78 is 56.9. The van der Waals surface area contributed by atoms with Crippen molar-refractivity contribution >= 4 is 15.8 Å². The lowest BCUT2D eigenvalue weighted by molar-refractivity contribution is 0.230. The van der Waals surface area contributed by atoms with Crippen molar-refractivity contribution < 1.29 is 21.5 Å². The number of benzene rings is 1. The average Bonchev–Trinajstić information content (AvgIpc) is 2.71. The van der Waals surface area contributed by atoms with Crippen molar-refractivity contribution in [3.63, 3.8) is 0 Å². The summed E-state index contributed by atoms with van der Waals surface area (Å²) >= 11 is 0. The molecule has 0 bridgehead atoms. The van der Waals surface area contributed by atoms with E-state index in [9.17, 15) is 17.2 Å². The summed E-state index contributed by atoms with van der Waals surface area (Å²) in [7, 11) is -3.16. The fourth-order valence-corrected chi connectivity index (χ4v) is 5.25. The summed E-state index contributed by atoms with van der Waals surface area (Å²) in [4.78, 5) is 3.33. The van der Waals surface area contributed by atoms with E-state index in [1.807, 2.05) is 5.48 Å². The maximum Gasteiger partial charge on any atom is 0.315 e. The molecule has 1 aliphatic heterocycles. The first kappa shape index (κ1) is 22.4.